The standard InChI is InChI=1S/C28H33ClN6O.C2H6/c1-19-8-7-13-35(19)28-31-25(23-10-6-9-22(16-23)21(3)36)17-26(32-28)34-15-14-33(18-20(34)2)27-24(29)11-4-5-12-30-27;1-2/h4-6,9-10,12,16-17,19-20H,7-8,11,13-15,18H2,1-3H3;1-2H3. The topological polar surface area (TPSA) is 64.9 Å². The van der Waals surface area contributed by atoms with Crippen molar-refractivity contribution >= 4 is 35.4 Å². The molecule has 3 aliphatic heterocycles. The van der Waals surface area contributed by atoms with Crippen molar-refractivity contribution in [3.05, 3.63) is 58.9 Å². The third kappa shape index (κ3) is 6.09. The van der Waals surface area contributed by atoms with Crippen LogP contribution >= 0.6 is 11.6 Å². The first-order valence-electron chi connectivity index (χ1n) is 13.8. The van der Waals surface area contributed by atoms with Crippen LogP contribution in [0.15, 0.2) is 58.3 Å². The Morgan fingerprint density at radius 3 is 2.55 bits per heavy atom. The average molecular weight is 535 g/mol. The van der Waals surface area contributed by atoms with Gasteiger partial charge in [0.25, 0.3) is 0 Å². The van der Waals surface area contributed by atoms with E-state index in [1.807, 2.05) is 56.5 Å². The average Bonchev–Trinajstić information content (AvgIpc) is 3.25. The summed E-state index contributed by atoms with van der Waals surface area (Å²) >= 11 is 6.56. The molecular formula is C30H39ClN6O. The van der Waals surface area contributed by atoms with Gasteiger partial charge in [0.1, 0.15) is 11.6 Å². The van der Waals surface area contributed by atoms with Gasteiger partial charge in [0.2, 0.25) is 5.95 Å². The molecule has 0 radical (unpaired) electrons. The molecule has 2 unspecified atom stereocenters. The number of aromatic nitrogens is 2. The van der Waals surface area contributed by atoms with Gasteiger partial charge in [-0.1, -0.05) is 49.7 Å². The van der Waals surface area contributed by atoms with Crippen LogP contribution in [0.3, 0.4) is 0 Å². The number of carbonyl (C=O) groups is 1. The summed E-state index contributed by atoms with van der Waals surface area (Å²) in [6.07, 6.45) is 8.78. The molecule has 1 aromatic heterocycles. The van der Waals surface area contributed by atoms with Crippen LogP contribution in [0, 0.1) is 0 Å². The number of hydrogen-bond donors (Lipinski definition) is 0. The van der Waals surface area contributed by atoms with Crippen molar-refractivity contribution in [3.8, 4) is 11.3 Å². The van der Waals surface area contributed by atoms with E-state index >= 15 is 0 Å². The number of anilines is 2. The highest BCUT2D eigenvalue weighted by Gasteiger charge is 2.30. The molecule has 0 saturated carbocycles. The van der Waals surface area contributed by atoms with Gasteiger partial charge in [0.15, 0.2) is 5.78 Å². The predicted molar refractivity (Wildman–Crippen MR) is 158 cm³/mol. The van der Waals surface area contributed by atoms with Gasteiger partial charge in [-0.2, -0.15) is 4.98 Å². The van der Waals surface area contributed by atoms with Crippen LogP contribution in [0.5, 0.6) is 0 Å². The quantitative estimate of drug-likeness (QED) is 0.419. The highest BCUT2D eigenvalue weighted by Crippen LogP contribution is 2.32. The molecule has 2 saturated heterocycles. The number of rotatable bonds is 5. The van der Waals surface area contributed by atoms with E-state index in [0.717, 1.165) is 72.9 Å². The highest BCUT2D eigenvalue weighted by atomic mass is 35.5. The van der Waals surface area contributed by atoms with E-state index in [9.17, 15) is 4.79 Å². The number of carbonyl (C=O) groups excluding carboxylic acids is 1. The number of allylic oxidation sites excluding steroid dienone is 3. The normalized spacial score (nSPS) is 21.4. The van der Waals surface area contributed by atoms with Crippen LogP contribution in [-0.2, 0) is 0 Å². The number of hydrogen-bond acceptors (Lipinski definition) is 7. The molecule has 0 amide bonds. The lowest BCUT2D eigenvalue weighted by molar-refractivity contribution is 0.101. The summed E-state index contributed by atoms with van der Waals surface area (Å²) in [4.78, 5) is 33.6. The molecule has 2 atom stereocenters. The Kier molecular flexibility index (Phi) is 9.21. The molecule has 7 nitrogen and oxygen atoms in total. The Morgan fingerprint density at radius 1 is 1.03 bits per heavy atom. The van der Waals surface area contributed by atoms with Gasteiger partial charge in [-0.3, -0.25) is 4.79 Å². The largest absolute Gasteiger partial charge is 0.352 e. The second kappa shape index (κ2) is 12.6. The summed E-state index contributed by atoms with van der Waals surface area (Å²) in [6.45, 7) is 13.4. The summed E-state index contributed by atoms with van der Waals surface area (Å²) in [7, 11) is 0. The molecule has 38 heavy (non-hydrogen) atoms. The van der Waals surface area contributed by atoms with Crippen LogP contribution in [0.25, 0.3) is 11.3 Å². The molecule has 5 rings (SSSR count). The van der Waals surface area contributed by atoms with Crippen molar-refractivity contribution < 1.29 is 4.79 Å². The number of Topliss-reactive ketones (excluding diaryl/α,β-unsaturated/α-hetero) is 1. The van der Waals surface area contributed by atoms with E-state index in [1.54, 1.807) is 6.92 Å². The summed E-state index contributed by atoms with van der Waals surface area (Å²) in [6, 6.07) is 10.4. The Balaban J connectivity index is 0.00000164. The third-order valence-corrected chi connectivity index (χ3v) is 7.58. The van der Waals surface area contributed by atoms with Crippen LogP contribution in [0.2, 0.25) is 0 Å². The van der Waals surface area contributed by atoms with E-state index in [1.165, 1.54) is 0 Å². The first-order valence-corrected chi connectivity index (χ1v) is 14.1. The van der Waals surface area contributed by atoms with E-state index in [0.29, 0.717) is 18.0 Å². The molecule has 1 aromatic carbocycles. The van der Waals surface area contributed by atoms with Gasteiger partial charge in [-0.25, -0.2) is 9.98 Å². The first kappa shape index (κ1) is 27.8. The molecule has 0 N–H and O–H groups in total. The molecule has 0 spiro atoms. The summed E-state index contributed by atoms with van der Waals surface area (Å²) in [5.41, 5.74) is 2.47. The second-order valence-corrected chi connectivity index (χ2v) is 10.3. The van der Waals surface area contributed by atoms with E-state index < -0.39 is 0 Å². The molecule has 3 aliphatic rings. The van der Waals surface area contributed by atoms with Crippen LogP contribution in [0.4, 0.5) is 11.8 Å². The Bertz CT molecular complexity index is 1240. The van der Waals surface area contributed by atoms with E-state index in [2.05, 4.69) is 39.6 Å². The zero-order valence-electron chi connectivity index (χ0n) is 23.2. The predicted octanol–water partition coefficient (Wildman–Crippen LogP) is 6.31. The first-order chi connectivity index (χ1) is 18.4. The number of piperazine rings is 1. The Hall–Kier alpha value is -3.19. The van der Waals surface area contributed by atoms with Crippen molar-refractivity contribution in [2.24, 2.45) is 4.99 Å². The van der Waals surface area contributed by atoms with Gasteiger partial charge in [-0.05, 0) is 45.8 Å². The second-order valence-electron chi connectivity index (χ2n) is 9.86. The smallest absolute Gasteiger partial charge is 0.228 e. The minimum atomic E-state index is 0.0496. The highest BCUT2D eigenvalue weighted by molar-refractivity contribution is 6.30. The number of aliphatic imine (C=N–C) groups is 1. The lowest BCUT2D eigenvalue weighted by Gasteiger charge is -2.42. The summed E-state index contributed by atoms with van der Waals surface area (Å²) in [5, 5.41) is 0.778. The summed E-state index contributed by atoms with van der Waals surface area (Å²) < 4.78 is 0. The van der Waals surface area contributed by atoms with E-state index in [-0.39, 0.29) is 11.8 Å². The van der Waals surface area contributed by atoms with Crippen molar-refractivity contribution in [1.82, 2.24) is 14.9 Å². The fourth-order valence-corrected chi connectivity index (χ4v) is 5.48. The molecular weight excluding hydrogens is 496 g/mol. The number of halogens is 1. The molecule has 2 aromatic rings. The van der Waals surface area contributed by atoms with Crippen LogP contribution in [0.1, 0.15) is 64.2 Å². The maximum absolute atomic E-state index is 12.0. The van der Waals surface area contributed by atoms with Gasteiger partial charge < -0.3 is 14.7 Å². The van der Waals surface area contributed by atoms with Crippen molar-refractivity contribution in [3.63, 3.8) is 0 Å². The third-order valence-electron chi connectivity index (χ3n) is 7.26. The molecule has 8 heteroatoms. The molecule has 2 fully saturated rings. The minimum Gasteiger partial charge on any atom is -0.352 e. The van der Waals surface area contributed by atoms with Crippen molar-refractivity contribution in [2.45, 2.75) is 66.0 Å². The van der Waals surface area contributed by atoms with Gasteiger partial charge in [-0.15, -0.1) is 0 Å². The SMILES string of the molecule is CC.CC(=O)c1cccc(-c2cc(N3CCN(C4=C(Cl)CC=CC=N4)CC3C)nc(N3CCCC3C)n2)c1. The zero-order valence-corrected chi connectivity index (χ0v) is 23.9. The van der Waals surface area contributed by atoms with Crippen molar-refractivity contribution in [1.29, 1.82) is 0 Å². The maximum atomic E-state index is 12.0. The Morgan fingerprint density at radius 2 is 1.84 bits per heavy atom. The zero-order chi connectivity index (χ0) is 27.2. The lowest BCUT2D eigenvalue weighted by atomic mass is 10.1. The molecule has 202 valence electrons. The van der Waals surface area contributed by atoms with Crippen LogP contribution in [-0.4, -0.2) is 65.1 Å². The fourth-order valence-electron chi connectivity index (χ4n) is 5.22. The van der Waals surface area contributed by atoms with E-state index in [4.69, 9.17) is 21.6 Å². The fraction of sp³-hybridized carbons (Fsp3) is 0.467. The molecule has 0 bridgehead atoms. The number of benzene rings is 1. The van der Waals surface area contributed by atoms with Crippen molar-refractivity contribution in [2.75, 3.05) is 36.0 Å². The van der Waals surface area contributed by atoms with Gasteiger partial charge in [0, 0.05) is 68.1 Å². The van der Waals surface area contributed by atoms with Gasteiger partial charge in [0.05, 0.1) is 10.7 Å². The molecule has 4 heterocycles. The molecule has 0 aliphatic carbocycles. The van der Waals surface area contributed by atoms with Gasteiger partial charge >= 0.3 is 0 Å². The monoisotopic (exact) mass is 534 g/mol. The summed E-state index contributed by atoms with van der Waals surface area (Å²) in [5.74, 6) is 2.60. The maximum Gasteiger partial charge on any atom is 0.228 e. The minimum absolute atomic E-state index is 0.0496. The number of ketones is 1. The van der Waals surface area contributed by atoms with Crippen LogP contribution < -0.4 is 9.80 Å². The Labute approximate surface area is 231 Å². The lowest BCUT2D eigenvalue weighted by Crippen LogP contribution is -2.52. The number of nitrogens with zero attached hydrogens (tertiary/aromatic N) is 6.